The molecule has 212 valence electrons. The molecule has 0 aliphatic rings. The van der Waals surface area contributed by atoms with E-state index in [2.05, 4.69) is 53.1 Å². The van der Waals surface area contributed by atoms with Crippen LogP contribution in [0.3, 0.4) is 0 Å². The minimum atomic E-state index is 0.208. The van der Waals surface area contributed by atoms with Gasteiger partial charge in [-0.3, -0.25) is 0 Å². The Morgan fingerprint density at radius 2 is 1.82 bits per heavy atom. The predicted octanol–water partition coefficient (Wildman–Crippen LogP) is 6.93. The minimum absolute atomic E-state index is 0.208. The van der Waals surface area contributed by atoms with E-state index < -0.39 is 0 Å². The van der Waals surface area contributed by atoms with Crippen LogP contribution < -0.4 is 15.4 Å². The van der Waals surface area contributed by atoms with Gasteiger partial charge in [-0.05, 0) is 55.2 Å². The fourth-order valence-corrected chi connectivity index (χ4v) is 4.15. The van der Waals surface area contributed by atoms with Crippen molar-refractivity contribution in [1.82, 2.24) is 15.1 Å². The number of nitrogens with one attached hydrogen (secondary N) is 1. The summed E-state index contributed by atoms with van der Waals surface area (Å²) < 4.78 is 7.46. The molecule has 3 aromatic rings. The molecule has 0 amide bonds. The first-order valence-corrected chi connectivity index (χ1v) is 14.2. The molecule has 1 atom stereocenters. The highest BCUT2D eigenvalue weighted by atomic mass is 31.0. The summed E-state index contributed by atoms with van der Waals surface area (Å²) in [7, 11) is 4.43. The molecule has 2 N–H and O–H groups in total. The smallest absolute Gasteiger partial charge is 0.128 e. The highest BCUT2D eigenvalue weighted by molar-refractivity contribution is 7.27. The molecular formula is C32H46N3O3P. The fourth-order valence-electron chi connectivity index (χ4n) is 3.96. The first-order valence-electron chi connectivity index (χ1n) is 13.7. The third kappa shape index (κ3) is 11.1. The normalized spacial score (nSPS) is 10.6. The van der Waals surface area contributed by atoms with E-state index in [9.17, 15) is 4.79 Å². The Hall–Kier alpha value is -3.37. The summed E-state index contributed by atoms with van der Waals surface area (Å²) in [6.45, 7) is 14.8. The maximum Gasteiger partial charge on any atom is 0.128 e. The largest absolute Gasteiger partial charge is 0.508 e. The van der Waals surface area contributed by atoms with Gasteiger partial charge in [0, 0.05) is 29.0 Å². The zero-order valence-corrected chi connectivity index (χ0v) is 25.6. The Kier molecular flexibility index (Phi) is 16.2. The SMILES string of the molecule is C=C(/C=C(/NC(CCC)CCC)n1ncc(P)c1C)c1ccccc1OC.CC.O=CCc1cccc(O)c1. The summed E-state index contributed by atoms with van der Waals surface area (Å²) >= 11 is 0. The third-order valence-electron chi connectivity index (χ3n) is 5.90. The molecule has 7 heteroatoms. The topological polar surface area (TPSA) is 76.4 Å². The lowest BCUT2D eigenvalue weighted by molar-refractivity contribution is -0.107. The van der Waals surface area contributed by atoms with Crippen LogP contribution in [0.1, 0.15) is 70.2 Å². The van der Waals surface area contributed by atoms with E-state index in [0.717, 1.165) is 71.2 Å². The van der Waals surface area contributed by atoms with E-state index >= 15 is 0 Å². The molecule has 2 aromatic carbocycles. The lowest BCUT2D eigenvalue weighted by Gasteiger charge is -2.22. The standard InChI is InChI=1S/C22H32N3OP.C8H8O2.C2H6/c1-6-10-18(11-7-2)24-22(25-17(4)21(27)15-23-25)14-16(3)19-12-8-9-13-20(19)26-5;9-5-4-7-2-1-3-8(10)6-7;1-2/h8-9,12-15,18,24H,3,6-7,10-11,27H2,1-2,4-5H3;1-3,5-6,10H,4H2;1-2H3/b22-14-;;. The molecule has 0 spiro atoms. The predicted molar refractivity (Wildman–Crippen MR) is 169 cm³/mol. The van der Waals surface area contributed by atoms with E-state index in [0.29, 0.717) is 12.5 Å². The van der Waals surface area contributed by atoms with Crippen LogP contribution in [0.2, 0.25) is 0 Å². The van der Waals surface area contributed by atoms with Gasteiger partial charge in [-0.25, -0.2) is 4.68 Å². The highest BCUT2D eigenvalue weighted by Crippen LogP contribution is 2.27. The Bertz CT molecular complexity index is 1180. The number of nitrogens with zero attached hydrogens (tertiary/aromatic N) is 2. The lowest BCUT2D eigenvalue weighted by Crippen LogP contribution is -2.31. The van der Waals surface area contributed by atoms with E-state index in [1.165, 1.54) is 0 Å². The summed E-state index contributed by atoms with van der Waals surface area (Å²) in [5.41, 5.74) is 3.81. The van der Waals surface area contributed by atoms with Crippen LogP contribution in [0.25, 0.3) is 11.4 Å². The van der Waals surface area contributed by atoms with Gasteiger partial charge in [-0.2, -0.15) is 5.10 Å². The van der Waals surface area contributed by atoms with Crippen molar-refractivity contribution in [3.05, 3.63) is 84.2 Å². The fraction of sp³-hybridized carbons (Fsp3) is 0.375. The van der Waals surface area contributed by atoms with Gasteiger partial charge in [0.25, 0.3) is 0 Å². The summed E-state index contributed by atoms with van der Waals surface area (Å²) in [4.78, 5) is 10.0. The van der Waals surface area contributed by atoms with Gasteiger partial charge in [0.05, 0.1) is 13.3 Å². The van der Waals surface area contributed by atoms with Crippen LogP contribution in [0.4, 0.5) is 0 Å². The number of phenolic OH excluding ortho intramolecular Hbond substituents is 1. The van der Waals surface area contributed by atoms with Crippen molar-refractivity contribution in [2.24, 2.45) is 0 Å². The maximum atomic E-state index is 10.0. The second-order valence-corrected chi connectivity index (χ2v) is 9.43. The number of allylic oxidation sites excluding steroid dienone is 2. The summed E-state index contributed by atoms with van der Waals surface area (Å²) in [6, 6.07) is 15.0. The molecular weight excluding hydrogens is 505 g/mol. The van der Waals surface area contributed by atoms with Crippen LogP contribution in [0.5, 0.6) is 11.5 Å². The molecule has 39 heavy (non-hydrogen) atoms. The van der Waals surface area contributed by atoms with Crippen molar-refractivity contribution < 1.29 is 14.6 Å². The van der Waals surface area contributed by atoms with Gasteiger partial charge in [-0.1, -0.05) is 77.4 Å². The van der Waals surface area contributed by atoms with Crippen LogP contribution in [-0.2, 0) is 11.2 Å². The zero-order chi connectivity index (χ0) is 29.2. The Balaban J connectivity index is 0.000000528. The van der Waals surface area contributed by atoms with Gasteiger partial charge in [-0.15, -0.1) is 9.24 Å². The number of carbonyl (C=O) groups excluding carboxylic acids is 1. The van der Waals surface area contributed by atoms with E-state index in [1.807, 2.05) is 49.0 Å². The first kappa shape index (κ1) is 33.7. The van der Waals surface area contributed by atoms with Crippen molar-refractivity contribution in [2.75, 3.05) is 7.11 Å². The van der Waals surface area contributed by atoms with Gasteiger partial charge in [0.1, 0.15) is 23.6 Å². The average Bonchev–Trinajstić information content (AvgIpc) is 3.28. The Morgan fingerprint density at radius 1 is 1.15 bits per heavy atom. The van der Waals surface area contributed by atoms with Crippen molar-refractivity contribution >= 4 is 32.2 Å². The first-order chi connectivity index (χ1) is 18.8. The molecule has 0 aliphatic carbocycles. The second kappa shape index (κ2) is 18.8. The maximum absolute atomic E-state index is 10.0. The van der Waals surface area contributed by atoms with Gasteiger partial charge >= 0.3 is 0 Å². The number of aromatic nitrogens is 2. The van der Waals surface area contributed by atoms with E-state index in [1.54, 1.807) is 31.4 Å². The molecule has 0 saturated carbocycles. The number of methoxy groups -OCH3 is 1. The van der Waals surface area contributed by atoms with Crippen molar-refractivity contribution in [3.8, 4) is 11.5 Å². The number of hydrogen-bond donors (Lipinski definition) is 2. The van der Waals surface area contributed by atoms with Crippen molar-refractivity contribution in [2.45, 2.75) is 72.8 Å². The van der Waals surface area contributed by atoms with Crippen LogP contribution in [-0.4, -0.2) is 34.3 Å². The molecule has 0 radical (unpaired) electrons. The third-order valence-corrected chi connectivity index (χ3v) is 6.46. The lowest BCUT2D eigenvalue weighted by atomic mass is 10.0. The number of aldehydes is 1. The van der Waals surface area contributed by atoms with Crippen LogP contribution in [0, 0.1) is 6.92 Å². The van der Waals surface area contributed by atoms with Gasteiger partial charge in [0.15, 0.2) is 0 Å². The van der Waals surface area contributed by atoms with E-state index in [-0.39, 0.29) is 5.75 Å². The number of carbonyl (C=O) groups is 1. The quantitative estimate of drug-likeness (QED) is 0.145. The second-order valence-electron chi connectivity index (χ2n) is 8.81. The molecule has 1 heterocycles. The van der Waals surface area contributed by atoms with Crippen molar-refractivity contribution in [3.63, 3.8) is 0 Å². The monoisotopic (exact) mass is 551 g/mol. The van der Waals surface area contributed by atoms with Crippen LogP contribution >= 0.6 is 9.24 Å². The summed E-state index contributed by atoms with van der Waals surface area (Å²) in [5, 5.41) is 18.3. The molecule has 0 bridgehead atoms. The van der Waals surface area contributed by atoms with Gasteiger partial charge in [0.2, 0.25) is 0 Å². The number of hydrogen-bond acceptors (Lipinski definition) is 5. The summed E-state index contributed by atoms with van der Waals surface area (Å²) in [5.74, 6) is 1.98. The number of rotatable bonds is 12. The Labute approximate surface area is 237 Å². The minimum Gasteiger partial charge on any atom is -0.508 e. The molecule has 3 rings (SSSR count). The number of para-hydroxylation sites is 1. The molecule has 0 fully saturated rings. The number of benzene rings is 2. The summed E-state index contributed by atoms with van der Waals surface area (Å²) in [6.07, 6.45) is 9.66. The zero-order valence-electron chi connectivity index (χ0n) is 24.4. The number of phenols is 1. The Morgan fingerprint density at radius 3 is 2.36 bits per heavy atom. The molecule has 1 aromatic heterocycles. The molecule has 6 nitrogen and oxygen atoms in total. The van der Waals surface area contributed by atoms with Gasteiger partial charge < -0.3 is 20.0 Å². The van der Waals surface area contributed by atoms with E-state index in [4.69, 9.17) is 9.84 Å². The average molecular weight is 552 g/mol. The molecule has 0 aliphatic heterocycles. The molecule has 0 saturated heterocycles. The number of ether oxygens (including phenoxy) is 1. The van der Waals surface area contributed by atoms with Crippen molar-refractivity contribution in [1.29, 1.82) is 0 Å². The highest BCUT2D eigenvalue weighted by Gasteiger charge is 2.14. The van der Waals surface area contributed by atoms with Crippen LogP contribution in [0.15, 0.2) is 67.4 Å². The molecule has 1 unspecified atom stereocenters. The number of aromatic hydroxyl groups is 1.